The average molecular weight is 507 g/mol. The van der Waals surface area contributed by atoms with Gasteiger partial charge in [-0.25, -0.2) is 9.97 Å². The van der Waals surface area contributed by atoms with Crippen LogP contribution in [0.4, 0.5) is 10.5 Å². The summed E-state index contributed by atoms with van der Waals surface area (Å²) in [5, 5.41) is 0.875. The zero-order valence-electron chi connectivity index (χ0n) is 18.4. The Labute approximate surface area is 208 Å². The van der Waals surface area contributed by atoms with Crippen molar-refractivity contribution in [2.75, 3.05) is 11.8 Å². The molecule has 0 saturated carbocycles. The van der Waals surface area contributed by atoms with E-state index in [9.17, 15) is 9.59 Å². The Balaban J connectivity index is 1.31. The molecule has 2 aromatic heterocycles. The molecule has 9 nitrogen and oxygen atoms in total. The maximum Gasteiger partial charge on any atom is 0.317 e. The van der Waals surface area contributed by atoms with Crippen molar-refractivity contribution in [1.82, 2.24) is 25.4 Å². The van der Waals surface area contributed by atoms with E-state index in [4.69, 9.17) is 26.3 Å². The van der Waals surface area contributed by atoms with Crippen LogP contribution in [-0.4, -0.2) is 32.8 Å². The van der Waals surface area contributed by atoms with Gasteiger partial charge in [-0.1, -0.05) is 23.7 Å². The molecule has 2 heterocycles. The van der Waals surface area contributed by atoms with E-state index in [1.165, 1.54) is 0 Å². The first-order chi connectivity index (χ1) is 17.0. The molecule has 0 spiro atoms. The minimum atomic E-state index is -0.478. The van der Waals surface area contributed by atoms with E-state index in [0.717, 1.165) is 28.4 Å². The molecule has 0 unspecified atom stereocenters. The van der Waals surface area contributed by atoms with Crippen LogP contribution in [0.15, 0.2) is 66.7 Å². The third-order valence-electron chi connectivity index (χ3n) is 5.27. The molecule has 0 saturated heterocycles. The normalized spacial score (nSPS) is 11.0. The largest absolute Gasteiger partial charge is 0.497 e. The summed E-state index contributed by atoms with van der Waals surface area (Å²) >= 11 is 7.03. The molecule has 0 radical (unpaired) electrons. The van der Waals surface area contributed by atoms with E-state index >= 15 is 0 Å². The maximum absolute atomic E-state index is 12.7. The molecule has 0 bridgehead atoms. The summed E-state index contributed by atoms with van der Waals surface area (Å²) in [6.07, 6.45) is 0. The van der Waals surface area contributed by atoms with Crippen LogP contribution in [0.3, 0.4) is 0 Å². The Morgan fingerprint density at radius 1 is 1.00 bits per heavy atom. The average Bonchev–Trinajstić information content (AvgIpc) is 3.16. The molecule has 176 valence electrons. The number of carbonyl (C=O) groups excluding carboxylic acids is 2. The van der Waals surface area contributed by atoms with Crippen LogP contribution in [0.2, 0.25) is 5.02 Å². The fraction of sp³-hybridized carbons (Fsp3) is 0.0833. The monoisotopic (exact) mass is 506 g/mol. The number of anilines is 1. The minimum absolute atomic E-state index is 0.0779. The third-order valence-corrected chi connectivity index (χ3v) is 6.13. The number of nitrogens with one attached hydrogen (secondary N) is 3. The van der Waals surface area contributed by atoms with Crippen molar-refractivity contribution in [2.45, 2.75) is 6.54 Å². The molecule has 0 atom stereocenters. The molecule has 5 rings (SSSR count). The highest BCUT2D eigenvalue weighted by Gasteiger charge is 2.17. The number of amides is 2. The number of halogens is 1. The molecule has 11 heteroatoms. The van der Waals surface area contributed by atoms with Crippen molar-refractivity contribution in [3.63, 3.8) is 0 Å². The van der Waals surface area contributed by atoms with Gasteiger partial charge in [0.15, 0.2) is 5.65 Å². The summed E-state index contributed by atoms with van der Waals surface area (Å²) in [7, 11) is 1.58. The lowest BCUT2D eigenvalue weighted by Crippen LogP contribution is -2.41. The van der Waals surface area contributed by atoms with E-state index in [1.807, 2.05) is 30.3 Å². The van der Waals surface area contributed by atoms with Crippen LogP contribution in [0.5, 0.6) is 5.75 Å². The zero-order valence-corrected chi connectivity index (χ0v) is 20.0. The molecule has 3 N–H and O–H groups in total. The number of methoxy groups -OCH3 is 1. The van der Waals surface area contributed by atoms with Crippen molar-refractivity contribution >= 4 is 73.5 Å². The van der Waals surface area contributed by atoms with E-state index in [0.29, 0.717) is 33.1 Å². The number of fused-ring (bicyclic) bond motifs is 4. The van der Waals surface area contributed by atoms with Gasteiger partial charge in [-0.2, -0.15) is 0 Å². The van der Waals surface area contributed by atoms with Crippen molar-refractivity contribution in [1.29, 1.82) is 0 Å². The standard InChI is InChI=1S/C24H19ClN6O3S/c1-34-16-9-7-15(8-10-16)30-35-24(33)29-28-21(32)13-31-20-11-6-14(25)12-17(20)22-23(31)27-19-5-3-2-4-18(19)26-22/h2-12,30H,13H2,1H3,(H,28,32)(H,29,33). The minimum Gasteiger partial charge on any atom is -0.497 e. The van der Waals surface area contributed by atoms with Gasteiger partial charge >= 0.3 is 5.24 Å². The quantitative estimate of drug-likeness (QED) is 0.230. The van der Waals surface area contributed by atoms with E-state index in [-0.39, 0.29) is 6.54 Å². The smallest absolute Gasteiger partial charge is 0.317 e. The lowest BCUT2D eigenvalue weighted by atomic mass is 10.2. The van der Waals surface area contributed by atoms with Gasteiger partial charge in [-0.3, -0.25) is 20.4 Å². The van der Waals surface area contributed by atoms with E-state index < -0.39 is 11.1 Å². The number of carbonyl (C=O) groups is 2. The molecule has 0 aliphatic heterocycles. The SMILES string of the molecule is COc1ccc(NSC(=O)NNC(=O)Cn2c3ccc(Cl)cc3c3nc4ccccc4nc32)cc1. The van der Waals surface area contributed by atoms with Gasteiger partial charge in [-0.05, 0) is 54.6 Å². The number of aromatic nitrogens is 3. The van der Waals surface area contributed by atoms with Crippen molar-refractivity contribution in [3.8, 4) is 5.75 Å². The molecule has 5 aromatic rings. The molecule has 0 fully saturated rings. The van der Waals surface area contributed by atoms with Crippen LogP contribution >= 0.6 is 23.5 Å². The number of hydrazine groups is 1. The second kappa shape index (κ2) is 9.69. The first kappa shape index (κ1) is 22.8. The number of ether oxygens (including phenoxy) is 1. The Bertz CT molecular complexity index is 1570. The second-order valence-corrected chi connectivity index (χ2v) is 8.74. The van der Waals surface area contributed by atoms with Crippen LogP contribution in [0, 0.1) is 0 Å². The molecule has 35 heavy (non-hydrogen) atoms. The highest BCUT2D eigenvalue weighted by atomic mass is 35.5. The number of hydrogen-bond donors (Lipinski definition) is 3. The lowest BCUT2D eigenvalue weighted by molar-refractivity contribution is -0.122. The Morgan fingerprint density at radius 2 is 1.74 bits per heavy atom. The zero-order chi connectivity index (χ0) is 24.4. The Kier molecular flexibility index (Phi) is 6.30. The van der Waals surface area contributed by atoms with Crippen LogP contribution in [0.1, 0.15) is 0 Å². The predicted octanol–water partition coefficient (Wildman–Crippen LogP) is 4.90. The fourth-order valence-electron chi connectivity index (χ4n) is 3.66. The molecular formula is C24H19ClN6O3S. The second-order valence-electron chi connectivity index (χ2n) is 7.53. The van der Waals surface area contributed by atoms with Crippen molar-refractivity contribution in [3.05, 3.63) is 71.8 Å². The molecule has 3 aromatic carbocycles. The van der Waals surface area contributed by atoms with Gasteiger partial charge in [0, 0.05) is 28.0 Å². The summed E-state index contributed by atoms with van der Waals surface area (Å²) in [6.45, 7) is -0.0779. The molecule has 0 aliphatic carbocycles. The van der Waals surface area contributed by atoms with Gasteiger partial charge in [0.05, 0.1) is 23.7 Å². The Hall–Kier alpha value is -4.02. The topological polar surface area (TPSA) is 110 Å². The van der Waals surface area contributed by atoms with Gasteiger partial charge in [0.2, 0.25) is 0 Å². The highest BCUT2D eigenvalue weighted by Crippen LogP contribution is 2.30. The van der Waals surface area contributed by atoms with Gasteiger partial charge in [0.1, 0.15) is 17.8 Å². The maximum atomic E-state index is 12.7. The Morgan fingerprint density at radius 3 is 2.49 bits per heavy atom. The summed E-state index contributed by atoms with van der Waals surface area (Å²) in [6, 6.07) is 20.0. The number of nitrogens with zero attached hydrogens (tertiary/aromatic N) is 3. The predicted molar refractivity (Wildman–Crippen MR) is 138 cm³/mol. The number of para-hydroxylation sites is 2. The summed E-state index contributed by atoms with van der Waals surface area (Å²) in [5.41, 5.74) is 8.97. The summed E-state index contributed by atoms with van der Waals surface area (Å²) < 4.78 is 9.76. The van der Waals surface area contributed by atoms with Crippen LogP contribution in [-0.2, 0) is 11.3 Å². The lowest BCUT2D eigenvalue weighted by Gasteiger charge is -2.10. The van der Waals surface area contributed by atoms with Crippen LogP contribution < -0.4 is 20.3 Å². The van der Waals surface area contributed by atoms with Crippen molar-refractivity contribution < 1.29 is 14.3 Å². The van der Waals surface area contributed by atoms with Crippen LogP contribution in [0.25, 0.3) is 33.1 Å². The van der Waals surface area contributed by atoms with E-state index in [1.54, 1.807) is 48.1 Å². The van der Waals surface area contributed by atoms with Gasteiger partial charge < -0.3 is 14.0 Å². The van der Waals surface area contributed by atoms with Crippen molar-refractivity contribution in [2.24, 2.45) is 0 Å². The molecule has 0 aliphatic rings. The summed E-state index contributed by atoms with van der Waals surface area (Å²) in [5.74, 6) is 0.286. The number of benzene rings is 3. The number of hydrogen-bond acceptors (Lipinski definition) is 7. The number of rotatable bonds is 5. The van der Waals surface area contributed by atoms with Gasteiger partial charge in [-0.15, -0.1) is 0 Å². The molecule has 2 amide bonds. The first-order valence-electron chi connectivity index (χ1n) is 10.5. The first-order valence-corrected chi connectivity index (χ1v) is 11.7. The fourth-order valence-corrected chi connectivity index (χ4v) is 4.28. The summed E-state index contributed by atoms with van der Waals surface area (Å²) in [4.78, 5) is 34.4. The third kappa shape index (κ3) is 4.79. The van der Waals surface area contributed by atoms with Gasteiger partial charge in [0.25, 0.3) is 5.91 Å². The molecular weight excluding hydrogens is 488 g/mol. The highest BCUT2D eigenvalue weighted by molar-refractivity contribution is 8.14. The van der Waals surface area contributed by atoms with E-state index in [2.05, 4.69) is 15.6 Å².